The molecule has 30 heavy (non-hydrogen) atoms. The van der Waals surface area contributed by atoms with E-state index in [0.29, 0.717) is 26.3 Å². The second-order valence-electron chi connectivity index (χ2n) is 8.84. The molecule has 2 aromatic rings. The number of hydrogen-bond donors (Lipinski definition) is 2. The van der Waals surface area contributed by atoms with Crippen LogP contribution in [-0.4, -0.2) is 57.8 Å². The van der Waals surface area contributed by atoms with Gasteiger partial charge in [0.15, 0.2) is 11.5 Å². The standard InChI is InChI=1S/C24H30N2O4/c1-24(2,9-8-17-6-7-21(27)22(28)14-17)26-15-18-4-3-5-19(20(18)16-26)23(29)25-10-12-30-13-11-25/h3-7,14,27-28H,8-13,15-16H2,1-2H3. The molecule has 0 bridgehead atoms. The van der Waals surface area contributed by atoms with Crippen molar-refractivity contribution in [2.24, 2.45) is 0 Å². The van der Waals surface area contributed by atoms with E-state index in [1.165, 1.54) is 11.6 Å². The summed E-state index contributed by atoms with van der Waals surface area (Å²) in [6, 6.07) is 11.1. The second-order valence-corrected chi connectivity index (χ2v) is 8.84. The molecule has 0 unspecified atom stereocenters. The first-order valence-corrected chi connectivity index (χ1v) is 10.6. The van der Waals surface area contributed by atoms with Gasteiger partial charge in [0, 0.05) is 37.3 Å². The average molecular weight is 411 g/mol. The third-order valence-corrected chi connectivity index (χ3v) is 6.43. The number of carbonyl (C=O) groups is 1. The van der Waals surface area contributed by atoms with Crippen molar-refractivity contribution in [3.05, 3.63) is 58.7 Å². The molecule has 2 heterocycles. The Morgan fingerprint density at radius 1 is 1.07 bits per heavy atom. The monoisotopic (exact) mass is 410 g/mol. The van der Waals surface area contributed by atoms with Gasteiger partial charge in [0.2, 0.25) is 0 Å². The highest BCUT2D eigenvalue weighted by atomic mass is 16.5. The number of phenolic OH excluding ortho intramolecular Hbond substituents is 2. The predicted molar refractivity (Wildman–Crippen MR) is 115 cm³/mol. The van der Waals surface area contributed by atoms with Gasteiger partial charge in [-0.05, 0) is 61.6 Å². The molecule has 0 aliphatic carbocycles. The number of morpholine rings is 1. The van der Waals surface area contributed by atoms with Gasteiger partial charge in [0.25, 0.3) is 5.91 Å². The van der Waals surface area contributed by atoms with Crippen LogP contribution >= 0.6 is 0 Å². The van der Waals surface area contributed by atoms with Gasteiger partial charge < -0.3 is 19.8 Å². The molecule has 160 valence electrons. The first-order chi connectivity index (χ1) is 14.3. The third-order valence-electron chi connectivity index (χ3n) is 6.43. The van der Waals surface area contributed by atoms with E-state index >= 15 is 0 Å². The number of nitrogens with zero attached hydrogens (tertiary/aromatic N) is 2. The molecule has 1 amide bonds. The van der Waals surface area contributed by atoms with Crippen molar-refractivity contribution < 1.29 is 19.7 Å². The Bertz CT molecular complexity index is 935. The summed E-state index contributed by atoms with van der Waals surface area (Å²) in [4.78, 5) is 17.4. The SMILES string of the molecule is CC(C)(CCc1ccc(O)c(O)c1)N1Cc2cccc(C(=O)N3CCOCC3)c2C1. The Kier molecular flexibility index (Phi) is 5.71. The summed E-state index contributed by atoms with van der Waals surface area (Å²) in [5, 5.41) is 19.3. The van der Waals surface area contributed by atoms with Gasteiger partial charge in [-0.25, -0.2) is 0 Å². The minimum atomic E-state index is -0.0922. The number of rotatable bonds is 5. The lowest BCUT2D eigenvalue weighted by Crippen LogP contribution is -2.42. The van der Waals surface area contributed by atoms with Crippen molar-refractivity contribution in [2.45, 2.75) is 45.3 Å². The van der Waals surface area contributed by atoms with Gasteiger partial charge in [-0.1, -0.05) is 18.2 Å². The number of aromatic hydroxyl groups is 2. The Hall–Kier alpha value is -2.57. The van der Waals surface area contributed by atoms with Crippen LogP contribution in [0.5, 0.6) is 11.5 Å². The van der Waals surface area contributed by atoms with Crippen LogP contribution < -0.4 is 0 Å². The fourth-order valence-electron chi connectivity index (χ4n) is 4.32. The number of aryl methyl sites for hydroxylation is 1. The minimum absolute atomic E-state index is 0.0776. The lowest BCUT2D eigenvalue weighted by atomic mass is 9.93. The van der Waals surface area contributed by atoms with Gasteiger partial charge >= 0.3 is 0 Å². The first kappa shape index (κ1) is 20.7. The number of benzene rings is 2. The maximum atomic E-state index is 13.1. The zero-order chi connectivity index (χ0) is 21.3. The number of amides is 1. The Morgan fingerprint density at radius 2 is 1.83 bits per heavy atom. The molecule has 0 atom stereocenters. The fourth-order valence-corrected chi connectivity index (χ4v) is 4.32. The second kappa shape index (κ2) is 8.28. The lowest BCUT2D eigenvalue weighted by Gasteiger charge is -2.35. The normalized spacial score (nSPS) is 17.2. The van der Waals surface area contributed by atoms with E-state index in [0.717, 1.165) is 42.6 Å². The van der Waals surface area contributed by atoms with Gasteiger partial charge in [0.1, 0.15) is 0 Å². The lowest BCUT2D eigenvalue weighted by molar-refractivity contribution is 0.0301. The van der Waals surface area contributed by atoms with Crippen LogP contribution in [0.3, 0.4) is 0 Å². The average Bonchev–Trinajstić information content (AvgIpc) is 3.20. The molecule has 2 aliphatic heterocycles. The van der Waals surface area contributed by atoms with Crippen molar-refractivity contribution in [3.8, 4) is 11.5 Å². The van der Waals surface area contributed by atoms with Crippen LogP contribution in [0.25, 0.3) is 0 Å². The van der Waals surface area contributed by atoms with Crippen molar-refractivity contribution in [1.82, 2.24) is 9.80 Å². The summed E-state index contributed by atoms with van der Waals surface area (Å²) in [6.45, 7) is 8.54. The van der Waals surface area contributed by atoms with Crippen LogP contribution in [0.2, 0.25) is 0 Å². The van der Waals surface area contributed by atoms with E-state index in [2.05, 4.69) is 24.8 Å². The Balaban J connectivity index is 1.46. The summed E-state index contributed by atoms with van der Waals surface area (Å²) >= 11 is 0. The van der Waals surface area contributed by atoms with Crippen LogP contribution in [-0.2, 0) is 24.2 Å². The van der Waals surface area contributed by atoms with Crippen LogP contribution in [0.15, 0.2) is 36.4 Å². The summed E-state index contributed by atoms with van der Waals surface area (Å²) in [7, 11) is 0. The molecule has 0 aromatic heterocycles. The van der Waals surface area contributed by atoms with Gasteiger partial charge in [-0.3, -0.25) is 9.69 Å². The predicted octanol–water partition coefficient (Wildman–Crippen LogP) is 3.30. The van der Waals surface area contributed by atoms with Crippen molar-refractivity contribution >= 4 is 5.91 Å². The maximum absolute atomic E-state index is 13.1. The zero-order valence-electron chi connectivity index (χ0n) is 17.7. The zero-order valence-corrected chi connectivity index (χ0v) is 17.7. The van der Waals surface area contributed by atoms with Crippen LogP contribution in [0, 0.1) is 0 Å². The molecule has 0 saturated carbocycles. The van der Waals surface area contributed by atoms with Crippen LogP contribution in [0.4, 0.5) is 0 Å². The summed E-state index contributed by atoms with van der Waals surface area (Å²) in [5.41, 5.74) is 4.11. The number of fused-ring (bicyclic) bond motifs is 1. The summed E-state index contributed by atoms with van der Waals surface area (Å²) in [6.07, 6.45) is 1.70. The molecule has 4 rings (SSSR count). The van der Waals surface area contributed by atoms with Gasteiger partial charge in [-0.2, -0.15) is 0 Å². The molecule has 6 heteroatoms. The third kappa shape index (κ3) is 4.16. The van der Waals surface area contributed by atoms with E-state index in [9.17, 15) is 15.0 Å². The minimum Gasteiger partial charge on any atom is -0.504 e. The topological polar surface area (TPSA) is 73.2 Å². The van der Waals surface area contributed by atoms with Crippen molar-refractivity contribution in [2.75, 3.05) is 26.3 Å². The van der Waals surface area contributed by atoms with E-state index in [1.54, 1.807) is 6.07 Å². The first-order valence-electron chi connectivity index (χ1n) is 10.6. The van der Waals surface area contributed by atoms with Gasteiger partial charge in [0.05, 0.1) is 13.2 Å². The largest absolute Gasteiger partial charge is 0.504 e. The molecular formula is C24H30N2O4. The molecule has 2 aliphatic rings. The molecule has 1 fully saturated rings. The molecule has 1 saturated heterocycles. The summed E-state index contributed by atoms with van der Waals surface area (Å²) in [5.74, 6) is -0.0648. The summed E-state index contributed by atoms with van der Waals surface area (Å²) < 4.78 is 5.39. The highest BCUT2D eigenvalue weighted by Gasteiger charge is 2.34. The van der Waals surface area contributed by atoms with Gasteiger partial charge in [-0.15, -0.1) is 0 Å². The highest BCUT2D eigenvalue weighted by Crippen LogP contribution is 2.35. The number of ether oxygens (including phenoxy) is 1. The number of carbonyl (C=O) groups excluding carboxylic acids is 1. The number of phenols is 2. The molecular weight excluding hydrogens is 380 g/mol. The molecule has 6 nitrogen and oxygen atoms in total. The molecule has 0 spiro atoms. The molecule has 0 radical (unpaired) electrons. The maximum Gasteiger partial charge on any atom is 0.254 e. The van der Waals surface area contributed by atoms with E-state index < -0.39 is 0 Å². The Morgan fingerprint density at radius 3 is 2.57 bits per heavy atom. The van der Waals surface area contributed by atoms with Crippen molar-refractivity contribution in [3.63, 3.8) is 0 Å². The van der Waals surface area contributed by atoms with Crippen molar-refractivity contribution in [1.29, 1.82) is 0 Å². The van der Waals surface area contributed by atoms with E-state index in [-0.39, 0.29) is 22.9 Å². The molecule has 2 aromatic carbocycles. The molecule has 2 N–H and O–H groups in total. The number of hydrogen-bond acceptors (Lipinski definition) is 5. The fraction of sp³-hybridized carbons (Fsp3) is 0.458. The smallest absolute Gasteiger partial charge is 0.254 e. The Labute approximate surface area is 177 Å². The van der Waals surface area contributed by atoms with E-state index in [1.807, 2.05) is 23.1 Å². The quantitative estimate of drug-likeness (QED) is 0.740. The van der Waals surface area contributed by atoms with Crippen LogP contribution in [0.1, 0.15) is 47.3 Å². The van der Waals surface area contributed by atoms with E-state index in [4.69, 9.17) is 4.74 Å². The highest BCUT2D eigenvalue weighted by molar-refractivity contribution is 5.96.